The summed E-state index contributed by atoms with van der Waals surface area (Å²) in [6, 6.07) is 1.26. The monoisotopic (exact) mass is 248 g/mol. The molecule has 0 radical (unpaired) electrons. The lowest BCUT2D eigenvalue weighted by Gasteiger charge is -2.27. The Hall–Kier alpha value is -1.16. The molecule has 0 saturated heterocycles. The number of nitrogens with zero attached hydrogens (tertiary/aromatic N) is 3. The Kier molecular flexibility index (Phi) is 4.53. The first-order chi connectivity index (χ1) is 8.74. The first kappa shape index (κ1) is 13.3. The maximum atomic E-state index is 4.69. The van der Waals surface area contributed by atoms with E-state index < -0.39 is 0 Å². The molecule has 0 unspecified atom stereocenters. The minimum atomic E-state index is 0.547. The number of rotatable bonds is 7. The first-order valence-electron chi connectivity index (χ1n) is 7.01. The molecule has 1 aliphatic carbocycles. The Morgan fingerprint density at radius 2 is 2.06 bits per heavy atom. The lowest BCUT2D eigenvalue weighted by molar-refractivity contribution is 0.583. The molecule has 2 rings (SSSR count). The second kappa shape index (κ2) is 6.14. The summed E-state index contributed by atoms with van der Waals surface area (Å²) in [5.74, 6) is 0.985. The fourth-order valence-corrected chi connectivity index (χ4v) is 2.21. The van der Waals surface area contributed by atoms with Crippen LogP contribution in [0.5, 0.6) is 0 Å². The van der Waals surface area contributed by atoms with Crippen molar-refractivity contribution in [3.05, 3.63) is 18.1 Å². The molecule has 1 saturated carbocycles. The van der Waals surface area contributed by atoms with Gasteiger partial charge in [-0.3, -0.25) is 4.98 Å². The third kappa shape index (κ3) is 3.42. The molecule has 4 nitrogen and oxygen atoms in total. The highest BCUT2D eigenvalue weighted by Crippen LogP contribution is 2.19. The number of hydrogen-bond donors (Lipinski definition) is 1. The lowest BCUT2D eigenvalue weighted by Crippen LogP contribution is -2.31. The van der Waals surface area contributed by atoms with Crippen molar-refractivity contribution in [1.82, 2.24) is 15.3 Å². The minimum Gasteiger partial charge on any atom is -0.355 e. The normalized spacial score (nSPS) is 15.1. The minimum absolute atomic E-state index is 0.547. The zero-order valence-corrected chi connectivity index (χ0v) is 11.7. The fourth-order valence-electron chi connectivity index (χ4n) is 2.21. The van der Waals surface area contributed by atoms with Gasteiger partial charge in [-0.05, 0) is 25.7 Å². The molecule has 0 aliphatic heterocycles. The molecule has 0 aromatic carbocycles. The van der Waals surface area contributed by atoms with Crippen LogP contribution in [-0.2, 0) is 6.54 Å². The molecule has 0 amide bonds. The molecular formula is C14H24N4. The second-order valence-corrected chi connectivity index (χ2v) is 5.11. The van der Waals surface area contributed by atoms with Crippen LogP contribution in [0.1, 0.15) is 45.2 Å². The maximum Gasteiger partial charge on any atom is 0.147 e. The lowest BCUT2D eigenvalue weighted by atomic mass is 10.1. The van der Waals surface area contributed by atoms with Crippen molar-refractivity contribution in [3.8, 4) is 0 Å². The van der Waals surface area contributed by atoms with Gasteiger partial charge in [0.2, 0.25) is 0 Å². The average molecular weight is 248 g/mol. The molecule has 1 fully saturated rings. The van der Waals surface area contributed by atoms with Crippen LogP contribution in [-0.4, -0.2) is 29.1 Å². The van der Waals surface area contributed by atoms with Gasteiger partial charge in [-0.1, -0.05) is 13.8 Å². The van der Waals surface area contributed by atoms with E-state index in [-0.39, 0.29) is 0 Å². The highest BCUT2D eigenvalue weighted by molar-refractivity contribution is 5.36. The third-order valence-electron chi connectivity index (χ3n) is 3.67. The van der Waals surface area contributed by atoms with E-state index in [1.54, 1.807) is 0 Å². The SMILES string of the molecule is CCC(CC)N(C)c1cncc(CNC2CC2)n1. The van der Waals surface area contributed by atoms with Crippen LogP contribution in [0.25, 0.3) is 0 Å². The quantitative estimate of drug-likeness (QED) is 0.804. The van der Waals surface area contributed by atoms with E-state index in [1.807, 2.05) is 12.4 Å². The maximum absolute atomic E-state index is 4.69. The molecule has 0 atom stereocenters. The second-order valence-electron chi connectivity index (χ2n) is 5.11. The van der Waals surface area contributed by atoms with Crippen LogP contribution in [0.2, 0.25) is 0 Å². The fraction of sp³-hybridized carbons (Fsp3) is 0.714. The van der Waals surface area contributed by atoms with Crippen LogP contribution in [0.4, 0.5) is 5.82 Å². The summed E-state index contributed by atoms with van der Waals surface area (Å²) < 4.78 is 0. The molecule has 1 aromatic heterocycles. The van der Waals surface area contributed by atoms with Gasteiger partial charge in [0.1, 0.15) is 5.82 Å². The van der Waals surface area contributed by atoms with E-state index in [1.165, 1.54) is 12.8 Å². The van der Waals surface area contributed by atoms with Crippen LogP contribution in [0.3, 0.4) is 0 Å². The molecule has 0 bridgehead atoms. The molecule has 1 N–H and O–H groups in total. The number of anilines is 1. The Balaban J connectivity index is 2.00. The van der Waals surface area contributed by atoms with Crippen molar-refractivity contribution in [2.24, 2.45) is 0 Å². The van der Waals surface area contributed by atoms with Gasteiger partial charge in [0.25, 0.3) is 0 Å². The number of nitrogens with one attached hydrogen (secondary N) is 1. The van der Waals surface area contributed by atoms with Gasteiger partial charge in [0.05, 0.1) is 11.9 Å². The van der Waals surface area contributed by atoms with Crippen molar-refractivity contribution in [1.29, 1.82) is 0 Å². The molecule has 1 aliphatic rings. The molecule has 1 aromatic rings. The van der Waals surface area contributed by atoms with E-state index >= 15 is 0 Å². The van der Waals surface area contributed by atoms with Gasteiger partial charge in [-0.25, -0.2) is 4.98 Å². The zero-order chi connectivity index (χ0) is 13.0. The highest BCUT2D eigenvalue weighted by Gasteiger charge is 2.20. The van der Waals surface area contributed by atoms with E-state index in [9.17, 15) is 0 Å². The Bertz CT molecular complexity index is 372. The average Bonchev–Trinajstić information content (AvgIpc) is 3.22. The summed E-state index contributed by atoms with van der Waals surface area (Å²) >= 11 is 0. The highest BCUT2D eigenvalue weighted by atomic mass is 15.2. The van der Waals surface area contributed by atoms with Crippen LogP contribution in [0.15, 0.2) is 12.4 Å². The van der Waals surface area contributed by atoms with Crippen molar-refractivity contribution >= 4 is 5.82 Å². The summed E-state index contributed by atoms with van der Waals surface area (Å²) in [6.07, 6.45) is 8.61. The third-order valence-corrected chi connectivity index (χ3v) is 3.67. The summed E-state index contributed by atoms with van der Waals surface area (Å²) in [4.78, 5) is 11.2. The van der Waals surface area contributed by atoms with Crippen molar-refractivity contribution in [2.75, 3.05) is 11.9 Å². The standard InChI is InChI=1S/C14H24N4/c1-4-13(5-2)18(3)14-10-15-8-12(17-14)9-16-11-6-7-11/h8,10-11,13,16H,4-7,9H2,1-3H3. The van der Waals surface area contributed by atoms with Gasteiger partial charge in [0.15, 0.2) is 0 Å². The molecule has 4 heteroatoms. The van der Waals surface area contributed by atoms with Crippen molar-refractivity contribution in [3.63, 3.8) is 0 Å². The first-order valence-corrected chi connectivity index (χ1v) is 7.01. The predicted molar refractivity (Wildman–Crippen MR) is 74.7 cm³/mol. The Labute approximate surface area is 110 Å². The van der Waals surface area contributed by atoms with Gasteiger partial charge < -0.3 is 10.2 Å². The van der Waals surface area contributed by atoms with E-state index in [4.69, 9.17) is 4.98 Å². The summed E-state index contributed by atoms with van der Waals surface area (Å²) in [6.45, 7) is 5.27. The molecule has 0 spiro atoms. The van der Waals surface area contributed by atoms with Crippen molar-refractivity contribution < 1.29 is 0 Å². The van der Waals surface area contributed by atoms with Gasteiger partial charge in [0, 0.05) is 31.9 Å². The Morgan fingerprint density at radius 1 is 1.33 bits per heavy atom. The summed E-state index contributed by atoms with van der Waals surface area (Å²) in [5, 5.41) is 3.48. The molecule has 18 heavy (non-hydrogen) atoms. The number of aromatic nitrogens is 2. The zero-order valence-electron chi connectivity index (χ0n) is 11.7. The summed E-state index contributed by atoms with van der Waals surface area (Å²) in [7, 11) is 2.11. The molecule has 1 heterocycles. The van der Waals surface area contributed by atoms with Gasteiger partial charge >= 0.3 is 0 Å². The van der Waals surface area contributed by atoms with Gasteiger partial charge in [-0.15, -0.1) is 0 Å². The van der Waals surface area contributed by atoms with Crippen molar-refractivity contribution in [2.45, 2.75) is 58.2 Å². The predicted octanol–water partition coefficient (Wildman–Crippen LogP) is 2.35. The van der Waals surface area contributed by atoms with E-state index in [0.29, 0.717) is 12.1 Å². The van der Waals surface area contributed by atoms with E-state index in [2.05, 4.69) is 36.1 Å². The van der Waals surface area contributed by atoms with Gasteiger partial charge in [-0.2, -0.15) is 0 Å². The van der Waals surface area contributed by atoms with Crippen LogP contribution < -0.4 is 10.2 Å². The largest absolute Gasteiger partial charge is 0.355 e. The van der Waals surface area contributed by atoms with Crippen LogP contribution >= 0.6 is 0 Å². The number of hydrogen-bond acceptors (Lipinski definition) is 4. The molecule has 100 valence electrons. The van der Waals surface area contributed by atoms with Crippen LogP contribution in [0, 0.1) is 0 Å². The smallest absolute Gasteiger partial charge is 0.147 e. The topological polar surface area (TPSA) is 41.1 Å². The Morgan fingerprint density at radius 3 is 2.67 bits per heavy atom. The summed E-state index contributed by atoms with van der Waals surface area (Å²) in [5.41, 5.74) is 1.04. The molecular weight excluding hydrogens is 224 g/mol. The van der Waals surface area contributed by atoms with E-state index in [0.717, 1.165) is 30.9 Å².